The summed E-state index contributed by atoms with van der Waals surface area (Å²) in [6.07, 6.45) is 10.4. The average molecular weight is 196 g/mol. The minimum atomic E-state index is 0.103. The predicted octanol–water partition coefficient (Wildman–Crippen LogP) is 3.70. The normalized spacial score (nSPS) is 11.3. The summed E-state index contributed by atoms with van der Waals surface area (Å²) in [6, 6.07) is 0. The number of hydrogen-bond donors (Lipinski definition) is 1. The van der Waals surface area contributed by atoms with E-state index in [1.54, 1.807) is 0 Å². The van der Waals surface area contributed by atoms with Crippen LogP contribution in [0, 0.1) is 5.41 Å². The fourth-order valence-corrected chi connectivity index (χ4v) is 1.63. The molecule has 0 aliphatic heterocycles. The highest BCUT2D eigenvalue weighted by atomic mass is 16.3. The summed E-state index contributed by atoms with van der Waals surface area (Å²) in [5, 5.41) is 9.33. The summed E-state index contributed by atoms with van der Waals surface area (Å²) in [5.74, 6) is 0. The average Bonchev–Trinajstić information content (AvgIpc) is 2.19. The van der Waals surface area contributed by atoms with Gasteiger partial charge in [-0.25, -0.2) is 0 Å². The topological polar surface area (TPSA) is 20.2 Å². The number of aliphatic hydroxyl groups is 1. The minimum absolute atomic E-state index is 0.103. The third-order valence-corrected chi connectivity index (χ3v) is 2.76. The molecule has 0 aromatic carbocycles. The van der Waals surface area contributed by atoms with Gasteiger partial charge in [-0.3, -0.25) is 0 Å². The molecule has 14 heavy (non-hydrogen) atoms. The van der Waals surface area contributed by atoms with Gasteiger partial charge in [0.15, 0.2) is 0 Å². The third-order valence-electron chi connectivity index (χ3n) is 2.76. The van der Waals surface area contributed by atoms with Crippen LogP contribution in [-0.4, -0.2) is 11.7 Å². The summed E-state index contributed by atoms with van der Waals surface area (Å²) in [5.41, 5.74) is 0.103. The van der Waals surface area contributed by atoms with Crippen LogP contribution in [0.3, 0.4) is 0 Å². The van der Waals surface area contributed by atoms with Crippen LogP contribution in [0.25, 0.3) is 0 Å². The van der Waals surface area contributed by atoms with E-state index in [-0.39, 0.29) is 5.41 Å². The van der Waals surface area contributed by atoms with Crippen LogP contribution in [0.1, 0.15) is 45.4 Å². The van der Waals surface area contributed by atoms with E-state index in [0.29, 0.717) is 6.61 Å². The first-order valence-electron chi connectivity index (χ1n) is 5.51. The van der Waals surface area contributed by atoms with Gasteiger partial charge in [0.25, 0.3) is 0 Å². The van der Waals surface area contributed by atoms with E-state index in [1.165, 1.54) is 0 Å². The Kier molecular flexibility index (Phi) is 7.50. The molecule has 0 fully saturated rings. The van der Waals surface area contributed by atoms with Gasteiger partial charge in [0, 0.05) is 6.61 Å². The SMILES string of the molecule is C=CCCCC(C)(CO)CCCC=C. The molecule has 0 aromatic rings. The highest BCUT2D eigenvalue weighted by Gasteiger charge is 2.21. The van der Waals surface area contributed by atoms with Crippen molar-refractivity contribution in [1.29, 1.82) is 0 Å². The molecular formula is C13H24O. The molecule has 1 heteroatoms. The lowest BCUT2D eigenvalue weighted by Gasteiger charge is -2.27. The molecule has 0 atom stereocenters. The van der Waals surface area contributed by atoms with Crippen molar-refractivity contribution in [2.75, 3.05) is 6.61 Å². The van der Waals surface area contributed by atoms with E-state index >= 15 is 0 Å². The van der Waals surface area contributed by atoms with Crippen LogP contribution in [-0.2, 0) is 0 Å². The smallest absolute Gasteiger partial charge is 0.0484 e. The van der Waals surface area contributed by atoms with Gasteiger partial charge in [0.2, 0.25) is 0 Å². The number of aliphatic hydroxyl groups excluding tert-OH is 1. The van der Waals surface area contributed by atoms with Crippen molar-refractivity contribution < 1.29 is 5.11 Å². The highest BCUT2D eigenvalue weighted by molar-refractivity contribution is 4.77. The highest BCUT2D eigenvalue weighted by Crippen LogP contribution is 2.29. The second-order valence-corrected chi connectivity index (χ2v) is 4.33. The van der Waals surface area contributed by atoms with Gasteiger partial charge >= 0.3 is 0 Å². The molecule has 0 aliphatic rings. The largest absolute Gasteiger partial charge is 0.396 e. The quantitative estimate of drug-likeness (QED) is 0.440. The molecule has 0 heterocycles. The van der Waals surface area contributed by atoms with E-state index in [9.17, 15) is 5.11 Å². The van der Waals surface area contributed by atoms with Crippen molar-refractivity contribution in [3.63, 3.8) is 0 Å². The van der Waals surface area contributed by atoms with Crippen molar-refractivity contribution >= 4 is 0 Å². The molecule has 1 nitrogen and oxygen atoms in total. The van der Waals surface area contributed by atoms with Crippen LogP contribution in [0.15, 0.2) is 25.3 Å². The summed E-state index contributed by atoms with van der Waals surface area (Å²) in [4.78, 5) is 0. The van der Waals surface area contributed by atoms with Gasteiger partial charge in [0.05, 0.1) is 0 Å². The lowest BCUT2D eigenvalue weighted by atomic mass is 9.81. The third kappa shape index (κ3) is 5.98. The Morgan fingerprint density at radius 1 is 1.07 bits per heavy atom. The van der Waals surface area contributed by atoms with Crippen molar-refractivity contribution in [2.24, 2.45) is 5.41 Å². The number of hydrogen-bond acceptors (Lipinski definition) is 1. The van der Waals surface area contributed by atoms with Gasteiger partial charge < -0.3 is 5.11 Å². The Bertz CT molecular complexity index is 147. The molecule has 82 valence electrons. The molecular weight excluding hydrogens is 172 g/mol. The Morgan fingerprint density at radius 3 is 1.79 bits per heavy atom. The van der Waals surface area contributed by atoms with Gasteiger partial charge in [-0.05, 0) is 43.9 Å². The Morgan fingerprint density at radius 2 is 1.50 bits per heavy atom. The maximum atomic E-state index is 9.33. The lowest BCUT2D eigenvalue weighted by Crippen LogP contribution is -2.21. The summed E-state index contributed by atoms with van der Waals surface area (Å²) in [6.45, 7) is 9.87. The first kappa shape index (κ1) is 13.4. The van der Waals surface area contributed by atoms with Crippen LogP contribution >= 0.6 is 0 Å². The summed E-state index contributed by atoms with van der Waals surface area (Å²) in [7, 11) is 0. The molecule has 1 N–H and O–H groups in total. The monoisotopic (exact) mass is 196 g/mol. The van der Waals surface area contributed by atoms with Crippen LogP contribution < -0.4 is 0 Å². The molecule has 0 aliphatic carbocycles. The van der Waals surface area contributed by atoms with Crippen molar-refractivity contribution in [1.82, 2.24) is 0 Å². The second-order valence-electron chi connectivity index (χ2n) is 4.33. The Hall–Kier alpha value is -0.560. The fourth-order valence-electron chi connectivity index (χ4n) is 1.63. The van der Waals surface area contributed by atoms with E-state index in [2.05, 4.69) is 20.1 Å². The van der Waals surface area contributed by atoms with Gasteiger partial charge in [-0.15, -0.1) is 13.2 Å². The van der Waals surface area contributed by atoms with Crippen molar-refractivity contribution in [3.05, 3.63) is 25.3 Å². The maximum Gasteiger partial charge on any atom is 0.0484 e. The van der Waals surface area contributed by atoms with E-state index < -0.39 is 0 Å². The zero-order chi connectivity index (χ0) is 10.9. The van der Waals surface area contributed by atoms with Gasteiger partial charge in [-0.2, -0.15) is 0 Å². The molecule has 0 bridgehead atoms. The fraction of sp³-hybridized carbons (Fsp3) is 0.692. The number of rotatable bonds is 9. The predicted molar refractivity (Wildman–Crippen MR) is 63.3 cm³/mol. The molecule has 0 spiro atoms. The Labute approximate surface area is 88.5 Å². The standard InChI is InChI=1S/C13H24O/c1-4-6-8-10-13(3,12-14)11-9-7-5-2/h4-5,14H,1-2,6-12H2,3H3. The Balaban J connectivity index is 3.77. The first-order chi connectivity index (χ1) is 6.68. The minimum Gasteiger partial charge on any atom is -0.396 e. The molecule has 0 saturated heterocycles. The summed E-state index contributed by atoms with van der Waals surface area (Å²) >= 11 is 0. The zero-order valence-corrected chi connectivity index (χ0v) is 9.47. The second kappa shape index (κ2) is 7.81. The van der Waals surface area contributed by atoms with Gasteiger partial charge in [0.1, 0.15) is 0 Å². The molecule has 0 aromatic heterocycles. The van der Waals surface area contributed by atoms with Crippen LogP contribution in [0.5, 0.6) is 0 Å². The molecule has 0 radical (unpaired) electrons. The number of unbranched alkanes of at least 4 members (excludes halogenated alkanes) is 2. The first-order valence-corrected chi connectivity index (χ1v) is 5.51. The van der Waals surface area contributed by atoms with Crippen LogP contribution in [0.4, 0.5) is 0 Å². The van der Waals surface area contributed by atoms with E-state index in [0.717, 1.165) is 38.5 Å². The van der Waals surface area contributed by atoms with E-state index in [1.807, 2.05) is 12.2 Å². The number of allylic oxidation sites excluding steroid dienone is 2. The molecule has 0 unspecified atom stereocenters. The molecule has 0 amide bonds. The van der Waals surface area contributed by atoms with Gasteiger partial charge in [-0.1, -0.05) is 19.1 Å². The zero-order valence-electron chi connectivity index (χ0n) is 9.47. The lowest BCUT2D eigenvalue weighted by molar-refractivity contribution is 0.119. The molecule has 0 saturated carbocycles. The van der Waals surface area contributed by atoms with E-state index in [4.69, 9.17) is 0 Å². The van der Waals surface area contributed by atoms with Crippen molar-refractivity contribution in [3.8, 4) is 0 Å². The maximum absolute atomic E-state index is 9.33. The molecule has 0 rings (SSSR count). The van der Waals surface area contributed by atoms with Crippen molar-refractivity contribution in [2.45, 2.75) is 45.4 Å². The summed E-state index contributed by atoms with van der Waals surface area (Å²) < 4.78 is 0. The van der Waals surface area contributed by atoms with Crippen LogP contribution in [0.2, 0.25) is 0 Å².